The molecule has 1 aliphatic rings. The molecule has 35 heavy (non-hydrogen) atoms. The molecule has 13 heteroatoms. The highest BCUT2D eigenvalue weighted by atomic mass is 32.2. The number of thioether (sulfide) groups is 1. The summed E-state index contributed by atoms with van der Waals surface area (Å²) in [4.78, 5) is 45.8. The van der Waals surface area contributed by atoms with Gasteiger partial charge in [0.05, 0.1) is 22.4 Å². The zero-order valence-electron chi connectivity index (χ0n) is 18.3. The molecular formula is C22H17N7O5S. The largest absolute Gasteiger partial charge is 0.411 e. The van der Waals surface area contributed by atoms with Gasteiger partial charge >= 0.3 is 0 Å². The molecule has 0 saturated heterocycles. The fourth-order valence-corrected chi connectivity index (χ4v) is 3.94. The summed E-state index contributed by atoms with van der Waals surface area (Å²) in [5.41, 5.74) is 1.74. The van der Waals surface area contributed by atoms with Crippen molar-refractivity contribution < 1.29 is 23.3 Å². The first-order valence-corrected chi connectivity index (χ1v) is 11.4. The highest BCUT2D eigenvalue weighted by Gasteiger charge is 2.32. The van der Waals surface area contributed by atoms with Gasteiger partial charge in [0, 0.05) is 38.0 Å². The number of fused-ring (bicyclic) bond motifs is 1. The van der Waals surface area contributed by atoms with Crippen LogP contribution in [0.3, 0.4) is 0 Å². The number of amides is 3. The first-order valence-electron chi connectivity index (χ1n) is 10.4. The number of pyridine rings is 1. The maximum absolute atomic E-state index is 12.3. The zero-order chi connectivity index (χ0) is 24.4. The number of hydrogen-bond acceptors (Lipinski definition) is 11. The summed E-state index contributed by atoms with van der Waals surface area (Å²) in [6.07, 6.45) is 3.62. The quantitative estimate of drug-likeness (QED) is 0.285. The summed E-state index contributed by atoms with van der Waals surface area (Å²) in [7, 11) is 1.42. The SMILES string of the molecule is CN1C(=O)c2ccc(NC(=O)CCc3nc(CSc4nnc(-c5cccnc5)o4)no3)cc2C1=O. The Bertz CT molecular complexity index is 1420. The normalized spacial score (nSPS) is 12.8. The predicted octanol–water partition coefficient (Wildman–Crippen LogP) is 2.60. The molecular weight excluding hydrogens is 474 g/mol. The van der Waals surface area contributed by atoms with Gasteiger partial charge in [-0.2, -0.15) is 4.98 Å². The summed E-state index contributed by atoms with van der Waals surface area (Å²) < 4.78 is 10.8. The number of nitrogens with zero attached hydrogens (tertiary/aromatic N) is 6. The molecule has 0 aliphatic carbocycles. The van der Waals surface area contributed by atoms with Gasteiger partial charge in [0.25, 0.3) is 17.0 Å². The van der Waals surface area contributed by atoms with Crippen molar-refractivity contribution in [2.24, 2.45) is 0 Å². The van der Waals surface area contributed by atoms with Gasteiger partial charge in [-0.1, -0.05) is 16.9 Å². The van der Waals surface area contributed by atoms with E-state index in [9.17, 15) is 14.4 Å². The van der Waals surface area contributed by atoms with E-state index in [-0.39, 0.29) is 30.2 Å². The lowest BCUT2D eigenvalue weighted by Crippen LogP contribution is -2.24. The molecule has 0 saturated carbocycles. The molecule has 3 amide bonds. The summed E-state index contributed by atoms with van der Waals surface area (Å²) in [5, 5.41) is 15.0. The molecule has 1 aliphatic heterocycles. The first kappa shape index (κ1) is 22.4. The Balaban J connectivity index is 1.11. The average Bonchev–Trinajstić information content (AvgIpc) is 3.59. The van der Waals surface area contributed by atoms with Gasteiger partial charge in [-0.25, -0.2) is 0 Å². The minimum absolute atomic E-state index is 0.0940. The van der Waals surface area contributed by atoms with E-state index in [1.807, 2.05) is 6.07 Å². The first-order chi connectivity index (χ1) is 17.0. The second-order valence-electron chi connectivity index (χ2n) is 7.49. The molecule has 3 aromatic heterocycles. The van der Waals surface area contributed by atoms with Crippen LogP contribution in [0.4, 0.5) is 5.69 Å². The number of nitrogens with one attached hydrogen (secondary N) is 1. The monoisotopic (exact) mass is 491 g/mol. The number of aromatic nitrogens is 5. The Kier molecular flexibility index (Phi) is 6.06. The van der Waals surface area contributed by atoms with Crippen LogP contribution in [0.1, 0.15) is 38.9 Å². The van der Waals surface area contributed by atoms with Gasteiger partial charge in [-0.05, 0) is 30.3 Å². The molecule has 1 aromatic carbocycles. The van der Waals surface area contributed by atoms with E-state index in [0.717, 1.165) is 10.5 Å². The highest BCUT2D eigenvalue weighted by Crippen LogP contribution is 2.26. The van der Waals surface area contributed by atoms with Gasteiger partial charge in [-0.15, -0.1) is 10.2 Å². The van der Waals surface area contributed by atoms with Crippen molar-refractivity contribution in [1.82, 2.24) is 30.2 Å². The minimum atomic E-state index is -0.397. The third-order valence-corrected chi connectivity index (χ3v) is 5.90. The van der Waals surface area contributed by atoms with Crippen LogP contribution in [0.15, 0.2) is 56.9 Å². The number of anilines is 1. The third-order valence-electron chi connectivity index (χ3n) is 5.09. The van der Waals surface area contributed by atoms with E-state index in [1.54, 1.807) is 24.5 Å². The fraction of sp³-hybridized carbons (Fsp3) is 0.182. The molecule has 0 radical (unpaired) electrons. The van der Waals surface area contributed by atoms with Crippen molar-refractivity contribution >= 4 is 35.2 Å². The van der Waals surface area contributed by atoms with Crippen molar-refractivity contribution in [2.45, 2.75) is 23.8 Å². The van der Waals surface area contributed by atoms with Gasteiger partial charge in [-0.3, -0.25) is 24.3 Å². The van der Waals surface area contributed by atoms with Crippen LogP contribution in [-0.2, 0) is 17.0 Å². The molecule has 0 bridgehead atoms. The highest BCUT2D eigenvalue weighted by molar-refractivity contribution is 7.98. The molecule has 0 unspecified atom stereocenters. The molecule has 0 fully saturated rings. The number of imide groups is 1. The molecule has 1 N–H and O–H groups in total. The second kappa shape index (κ2) is 9.46. The van der Waals surface area contributed by atoms with Crippen LogP contribution in [0.25, 0.3) is 11.5 Å². The molecule has 176 valence electrons. The van der Waals surface area contributed by atoms with E-state index in [4.69, 9.17) is 8.94 Å². The van der Waals surface area contributed by atoms with Crippen LogP contribution in [-0.4, -0.2) is 55.0 Å². The summed E-state index contributed by atoms with van der Waals surface area (Å²) >= 11 is 1.26. The van der Waals surface area contributed by atoms with Gasteiger partial charge in [0.15, 0.2) is 5.82 Å². The van der Waals surface area contributed by atoms with Crippen LogP contribution >= 0.6 is 11.8 Å². The predicted molar refractivity (Wildman–Crippen MR) is 121 cm³/mol. The van der Waals surface area contributed by atoms with E-state index >= 15 is 0 Å². The van der Waals surface area contributed by atoms with Crippen molar-refractivity contribution in [3.05, 3.63) is 65.6 Å². The van der Waals surface area contributed by atoms with E-state index in [1.165, 1.54) is 30.9 Å². The zero-order valence-corrected chi connectivity index (χ0v) is 19.1. The Hall–Kier alpha value is -4.39. The average molecular weight is 491 g/mol. The second-order valence-corrected chi connectivity index (χ2v) is 8.41. The van der Waals surface area contributed by atoms with E-state index in [0.29, 0.717) is 39.8 Å². The minimum Gasteiger partial charge on any atom is -0.411 e. The molecule has 0 spiro atoms. The molecule has 4 heterocycles. The number of carbonyl (C=O) groups excluding carboxylic acids is 3. The number of hydrogen-bond donors (Lipinski definition) is 1. The summed E-state index contributed by atoms with van der Waals surface area (Å²) in [6, 6.07) is 8.21. The lowest BCUT2D eigenvalue weighted by atomic mass is 10.1. The molecule has 4 aromatic rings. The van der Waals surface area contributed by atoms with Gasteiger partial charge in [0.1, 0.15) is 0 Å². The van der Waals surface area contributed by atoms with E-state index < -0.39 is 5.91 Å². The number of aryl methyl sites for hydroxylation is 1. The standard InChI is InChI=1S/C22H17N7O5S/c1-29-20(31)14-5-4-13(9-15(14)21(29)32)24-17(30)6-7-18-25-16(28-34-18)11-35-22-27-26-19(33-22)12-3-2-8-23-10-12/h2-5,8-10H,6-7,11H2,1H3,(H,24,30). The van der Waals surface area contributed by atoms with Crippen LogP contribution < -0.4 is 5.32 Å². The van der Waals surface area contributed by atoms with Crippen LogP contribution in [0, 0.1) is 0 Å². The number of carbonyl (C=O) groups is 3. The topological polar surface area (TPSA) is 157 Å². The maximum Gasteiger partial charge on any atom is 0.277 e. The fourth-order valence-electron chi connectivity index (χ4n) is 3.33. The van der Waals surface area contributed by atoms with Crippen molar-refractivity contribution in [3.63, 3.8) is 0 Å². The molecule has 0 atom stereocenters. The Morgan fingerprint density at radius 1 is 1.14 bits per heavy atom. The Morgan fingerprint density at radius 2 is 2.00 bits per heavy atom. The lowest BCUT2D eigenvalue weighted by Gasteiger charge is -2.05. The Morgan fingerprint density at radius 3 is 2.83 bits per heavy atom. The number of rotatable bonds is 8. The van der Waals surface area contributed by atoms with Gasteiger partial charge < -0.3 is 14.3 Å². The summed E-state index contributed by atoms with van der Waals surface area (Å²) in [5.74, 6) is 0.407. The molecule has 12 nitrogen and oxygen atoms in total. The van der Waals surface area contributed by atoms with Crippen molar-refractivity contribution in [3.8, 4) is 11.5 Å². The maximum atomic E-state index is 12.3. The molecule has 5 rings (SSSR count). The van der Waals surface area contributed by atoms with Crippen molar-refractivity contribution in [2.75, 3.05) is 12.4 Å². The third kappa shape index (κ3) is 4.80. The summed E-state index contributed by atoms with van der Waals surface area (Å²) in [6.45, 7) is 0. The van der Waals surface area contributed by atoms with Gasteiger partial charge in [0.2, 0.25) is 17.7 Å². The Labute approximate surface area is 202 Å². The van der Waals surface area contributed by atoms with Crippen molar-refractivity contribution in [1.29, 1.82) is 0 Å². The van der Waals surface area contributed by atoms with Crippen LogP contribution in [0.5, 0.6) is 0 Å². The lowest BCUT2D eigenvalue weighted by molar-refractivity contribution is -0.116. The van der Waals surface area contributed by atoms with E-state index in [2.05, 4.69) is 30.6 Å². The number of benzene rings is 1. The smallest absolute Gasteiger partial charge is 0.277 e. The van der Waals surface area contributed by atoms with Crippen LogP contribution in [0.2, 0.25) is 0 Å².